The Morgan fingerprint density at radius 3 is 2.21 bits per heavy atom. The topological polar surface area (TPSA) is 23.8 Å². The van der Waals surface area contributed by atoms with E-state index >= 15 is 0 Å². The molecule has 3 saturated carbocycles. The monoisotopic (exact) mass is 381 g/mol. The van der Waals surface area contributed by atoms with Crippen LogP contribution in [0, 0.1) is 46.7 Å². The summed E-state index contributed by atoms with van der Waals surface area (Å²) in [6.07, 6.45) is 16.7. The summed E-state index contributed by atoms with van der Waals surface area (Å²) in [5.41, 5.74) is 1.27. The van der Waals surface area contributed by atoms with Gasteiger partial charge in [-0.1, -0.05) is 32.3 Å². The van der Waals surface area contributed by atoms with Crippen molar-refractivity contribution in [2.24, 2.45) is 29.6 Å². The number of fused-ring (bicyclic) bond motifs is 1. The zero-order valence-corrected chi connectivity index (χ0v) is 17.5. The van der Waals surface area contributed by atoms with Gasteiger partial charge in [-0.05, 0) is 111 Å². The molecule has 0 aromatic heterocycles. The van der Waals surface area contributed by atoms with Crippen LogP contribution in [-0.2, 0) is 0 Å². The van der Waals surface area contributed by atoms with Crippen LogP contribution in [0.1, 0.15) is 101 Å². The van der Waals surface area contributed by atoms with Gasteiger partial charge in [0.1, 0.15) is 11.9 Å². The van der Waals surface area contributed by atoms with Gasteiger partial charge in [0.25, 0.3) is 0 Å². The fraction of sp³-hybridized carbons (Fsp3) is 0.731. The summed E-state index contributed by atoms with van der Waals surface area (Å²) in [5, 5.41) is 8.93. The Morgan fingerprint density at radius 2 is 1.54 bits per heavy atom. The summed E-state index contributed by atoms with van der Waals surface area (Å²) >= 11 is 0. The first-order valence-electron chi connectivity index (χ1n) is 11.9. The second-order valence-corrected chi connectivity index (χ2v) is 10.0. The molecule has 3 aliphatic rings. The summed E-state index contributed by atoms with van der Waals surface area (Å²) in [4.78, 5) is 0. The second-order valence-electron chi connectivity index (χ2n) is 10.0. The van der Waals surface area contributed by atoms with Gasteiger partial charge in [-0.3, -0.25) is 0 Å². The van der Waals surface area contributed by atoms with Crippen LogP contribution in [0.2, 0.25) is 0 Å². The molecule has 152 valence electrons. The maximum absolute atomic E-state index is 14.0. The Kier molecular flexibility index (Phi) is 6.39. The van der Waals surface area contributed by atoms with Crippen LogP contribution in [0.5, 0.6) is 0 Å². The molecule has 0 aliphatic heterocycles. The summed E-state index contributed by atoms with van der Waals surface area (Å²) in [6.45, 7) is 2.34. The number of halogens is 1. The predicted molar refractivity (Wildman–Crippen MR) is 112 cm³/mol. The molecular formula is C26H36FN. The minimum atomic E-state index is -0.348. The minimum absolute atomic E-state index is 0.169. The smallest absolute Gasteiger partial charge is 0.141 e. The molecule has 0 saturated heterocycles. The lowest BCUT2D eigenvalue weighted by Crippen LogP contribution is -2.34. The van der Waals surface area contributed by atoms with Crippen LogP contribution in [0.3, 0.4) is 0 Å². The first-order valence-corrected chi connectivity index (χ1v) is 11.9. The molecule has 0 amide bonds. The lowest BCUT2D eigenvalue weighted by atomic mass is 9.60. The molecule has 0 bridgehead atoms. The molecule has 2 heteroatoms. The first-order chi connectivity index (χ1) is 13.7. The van der Waals surface area contributed by atoms with Crippen LogP contribution in [0.4, 0.5) is 4.39 Å². The lowest BCUT2D eigenvalue weighted by Gasteiger charge is -2.45. The van der Waals surface area contributed by atoms with Crippen molar-refractivity contribution in [3.8, 4) is 6.07 Å². The maximum atomic E-state index is 14.0. The molecule has 3 aliphatic carbocycles. The molecule has 1 nitrogen and oxygen atoms in total. The van der Waals surface area contributed by atoms with Gasteiger partial charge in [0.15, 0.2) is 0 Å². The molecule has 0 radical (unpaired) electrons. The second kappa shape index (κ2) is 8.98. The zero-order valence-electron chi connectivity index (χ0n) is 17.5. The van der Waals surface area contributed by atoms with Crippen LogP contribution in [0.25, 0.3) is 0 Å². The molecular weight excluding hydrogens is 345 g/mol. The quantitative estimate of drug-likeness (QED) is 0.526. The third-order valence-electron chi connectivity index (χ3n) is 8.48. The molecule has 28 heavy (non-hydrogen) atoms. The average Bonchev–Trinajstić information content (AvgIpc) is 2.73. The molecule has 1 aromatic carbocycles. The molecule has 0 heterocycles. The Balaban J connectivity index is 1.29. The molecule has 0 spiro atoms. The molecule has 0 N–H and O–H groups in total. The Hall–Kier alpha value is -1.36. The standard InChI is InChI=1S/C26H36FN/c1-2-3-18-4-5-23-15-22(11-10-21(23)14-18)19-6-8-20(9-7-19)24-12-13-25(17-28)26(27)16-24/h12-13,16,18-23H,2-11,14-15H2,1H3. The van der Waals surface area contributed by atoms with Crippen LogP contribution in [-0.4, -0.2) is 0 Å². The van der Waals surface area contributed by atoms with Crippen molar-refractivity contribution in [2.45, 2.75) is 89.9 Å². The fourth-order valence-electron chi connectivity index (χ4n) is 6.92. The fourth-order valence-corrected chi connectivity index (χ4v) is 6.92. The molecule has 1 aromatic rings. The maximum Gasteiger partial charge on any atom is 0.141 e. The van der Waals surface area contributed by atoms with Gasteiger partial charge in [-0.2, -0.15) is 5.26 Å². The normalized spacial score (nSPS) is 35.8. The Labute approximate surface area is 170 Å². The number of nitrogens with zero attached hydrogens (tertiary/aromatic N) is 1. The van der Waals surface area contributed by atoms with E-state index in [2.05, 4.69) is 6.92 Å². The summed E-state index contributed by atoms with van der Waals surface area (Å²) < 4.78 is 14.0. The Morgan fingerprint density at radius 1 is 0.893 bits per heavy atom. The largest absolute Gasteiger partial charge is 0.206 e. The lowest BCUT2D eigenvalue weighted by molar-refractivity contribution is 0.0618. The van der Waals surface area contributed by atoms with E-state index < -0.39 is 0 Å². The third-order valence-corrected chi connectivity index (χ3v) is 8.48. The van der Waals surface area contributed by atoms with E-state index in [4.69, 9.17) is 5.26 Å². The van der Waals surface area contributed by atoms with Crippen molar-refractivity contribution in [3.05, 3.63) is 35.1 Å². The number of rotatable bonds is 4. The van der Waals surface area contributed by atoms with E-state index in [1.165, 1.54) is 77.0 Å². The van der Waals surface area contributed by atoms with Gasteiger partial charge in [0, 0.05) is 0 Å². The van der Waals surface area contributed by atoms with E-state index in [-0.39, 0.29) is 11.4 Å². The van der Waals surface area contributed by atoms with Gasteiger partial charge in [-0.15, -0.1) is 0 Å². The van der Waals surface area contributed by atoms with E-state index in [0.29, 0.717) is 5.92 Å². The van der Waals surface area contributed by atoms with Gasteiger partial charge in [0.2, 0.25) is 0 Å². The van der Waals surface area contributed by atoms with Gasteiger partial charge in [-0.25, -0.2) is 4.39 Å². The van der Waals surface area contributed by atoms with Crippen molar-refractivity contribution in [1.29, 1.82) is 5.26 Å². The number of hydrogen-bond acceptors (Lipinski definition) is 1. The highest BCUT2D eigenvalue weighted by molar-refractivity contribution is 5.34. The van der Waals surface area contributed by atoms with Crippen molar-refractivity contribution in [1.82, 2.24) is 0 Å². The molecule has 4 atom stereocenters. The Bertz CT molecular complexity index is 697. The first kappa shape index (κ1) is 19.9. The van der Waals surface area contributed by atoms with Gasteiger partial charge >= 0.3 is 0 Å². The highest BCUT2D eigenvalue weighted by atomic mass is 19.1. The molecule has 4 rings (SSSR count). The SMILES string of the molecule is CCCC1CCC2CC(C3CCC(c4ccc(C#N)c(F)c4)CC3)CCC2C1. The van der Waals surface area contributed by atoms with Crippen LogP contribution < -0.4 is 0 Å². The van der Waals surface area contributed by atoms with Gasteiger partial charge < -0.3 is 0 Å². The van der Waals surface area contributed by atoms with Gasteiger partial charge in [0.05, 0.1) is 5.56 Å². The highest BCUT2D eigenvalue weighted by Crippen LogP contribution is 2.50. The highest BCUT2D eigenvalue weighted by Gasteiger charge is 2.38. The van der Waals surface area contributed by atoms with Crippen LogP contribution >= 0.6 is 0 Å². The van der Waals surface area contributed by atoms with E-state index in [1.54, 1.807) is 12.1 Å². The summed E-state index contributed by atoms with van der Waals surface area (Å²) in [5.74, 6) is 5.04. The molecule has 4 unspecified atom stereocenters. The third kappa shape index (κ3) is 4.29. The van der Waals surface area contributed by atoms with Crippen molar-refractivity contribution < 1.29 is 4.39 Å². The predicted octanol–water partition coefficient (Wildman–Crippen LogP) is 7.60. The summed E-state index contributed by atoms with van der Waals surface area (Å²) in [7, 11) is 0. The van der Waals surface area contributed by atoms with E-state index in [9.17, 15) is 4.39 Å². The van der Waals surface area contributed by atoms with Crippen molar-refractivity contribution in [2.75, 3.05) is 0 Å². The average molecular weight is 382 g/mol. The molecule has 3 fully saturated rings. The van der Waals surface area contributed by atoms with Crippen molar-refractivity contribution in [3.63, 3.8) is 0 Å². The number of nitriles is 1. The summed E-state index contributed by atoms with van der Waals surface area (Å²) in [6, 6.07) is 7.19. The van der Waals surface area contributed by atoms with E-state index in [1.807, 2.05) is 12.1 Å². The number of hydrogen-bond donors (Lipinski definition) is 0. The minimum Gasteiger partial charge on any atom is -0.206 e. The number of benzene rings is 1. The van der Waals surface area contributed by atoms with E-state index in [0.717, 1.165) is 35.2 Å². The van der Waals surface area contributed by atoms with Crippen LogP contribution in [0.15, 0.2) is 18.2 Å². The van der Waals surface area contributed by atoms with Crippen molar-refractivity contribution >= 4 is 0 Å². The zero-order chi connectivity index (χ0) is 19.5.